The summed E-state index contributed by atoms with van der Waals surface area (Å²) in [5.41, 5.74) is 3.01. The fourth-order valence-corrected chi connectivity index (χ4v) is 4.23. The van der Waals surface area contributed by atoms with E-state index >= 15 is 0 Å². The molecule has 3 rings (SSSR count). The minimum atomic E-state index is 0.606. The predicted octanol–water partition coefficient (Wildman–Crippen LogP) is 4.47. The van der Waals surface area contributed by atoms with Gasteiger partial charge in [-0.1, -0.05) is 44.0 Å². The largest absolute Gasteiger partial charge is 0.310 e. The van der Waals surface area contributed by atoms with Crippen LogP contribution in [-0.4, -0.2) is 6.54 Å². The number of fused-ring (bicyclic) bond motifs is 1. The van der Waals surface area contributed by atoms with E-state index in [1.54, 1.807) is 5.56 Å². The molecular formula is C18H27N. The smallest absolute Gasteiger partial charge is 0.0356 e. The van der Waals surface area contributed by atoms with E-state index in [0.29, 0.717) is 6.04 Å². The van der Waals surface area contributed by atoms with E-state index in [1.807, 2.05) is 0 Å². The Bertz CT molecular complexity index is 413. The van der Waals surface area contributed by atoms with Gasteiger partial charge in [-0.3, -0.25) is 0 Å². The standard InChI is InChI=1S/C18H27N/c1-3-12-19-18(14-9-5-4-8-13(14)2)17-15-10-6-7-11-16(15)17/h4-5,8-9,15-19H,3,6-7,10-12H2,1-2H3. The molecular weight excluding hydrogens is 230 g/mol. The normalized spacial score (nSPS) is 30.7. The van der Waals surface area contributed by atoms with Gasteiger partial charge in [-0.25, -0.2) is 0 Å². The van der Waals surface area contributed by atoms with Crippen LogP contribution in [0.25, 0.3) is 0 Å². The Morgan fingerprint density at radius 3 is 2.47 bits per heavy atom. The van der Waals surface area contributed by atoms with E-state index in [4.69, 9.17) is 0 Å². The van der Waals surface area contributed by atoms with Gasteiger partial charge in [-0.05, 0) is 61.6 Å². The van der Waals surface area contributed by atoms with Crippen LogP contribution >= 0.6 is 0 Å². The van der Waals surface area contributed by atoms with Crippen LogP contribution in [0.15, 0.2) is 24.3 Å². The van der Waals surface area contributed by atoms with Crippen molar-refractivity contribution in [2.24, 2.45) is 17.8 Å². The van der Waals surface area contributed by atoms with Gasteiger partial charge in [0.25, 0.3) is 0 Å². The first-order chi connectivity index (χ1) is 9.33. The van der Waals surface area contributed by atoms with Crippen molar-refractivity contribution in [2.45, 2.75) is 52.0 Å². The summed E-state index contributed by atoms with van der Waals surface area (Å²) in [5.74, 6) is 2.94. The predicted molar refractivity (Wildman–Crippen MR) is 81.2 cm³/mol. The van der Waals surface area contributed by atoms with Crippen LogP contribution in [0.4, 0.5) is 0 Å². The van der Waals surface area contributed by atoms with E-state index in [-0.39, 0.29) is 0 Å². The minimum absolute atomic E-state index is 0.606. The average Bonchev–Trinajstić information content (AvgIpc) is 3.16. The van der Waals surface area contributed by atoms with Crippen molar-refractivity contribution >= 4 is 0 Å². The maximum Gasteiger partial charge on any atom is 0.0356 e. The lowest BCUT2D eigenvalue weighted by molar-refractivity contribution is 0.444. The Balaban J connectivity index is 1.80. The number of hydrogen-bond acceptors (Lipinski definition) is 1. The monoisotopic (exact) mass is 257 g/mol. The van der Waals surface area contributed by atoms with Gasteiger partial charge >= 0.3 is 0 Å². The molecule has 1 N–H and O–H groups in total. The quantitative estimate of drug-likeness (QED) is 0.820. The van der Waals surface area contributed by atoms with E-state index in [2.05, 4.69) is 43.4 Å². The SMILES string of the molecule is CCCNC(c1ccccc1C)C1C2CCCCC21. The van der Waals surface area contributed by atoms with Crippen molar-refractivity contribution in [2.75, 3.05) is 6.54 Å². The lowest BCUT2D eigenvalue weighted by Gasteiger charge is -2.21. The van der Waals surface area contributed by atoms with Gasteiger partial charge < -0.3 is 5.32 Å². The molecule has 2 aliphatic rings. The fraction of sp³-hybridized carbons (Fsp3) is 0.667. The van der Waals surface area contributed by atoms with Crippen molar-refractivity contribution in [3.8, 4) is 0 Å². The molecule has 1 nitrogen and oxygen atoms in total. The second-order valence-electron chi connectivity index (χ2n) is 6.48. The molecule has 0 radical (unpaired) electrons. The zero-order valence-corrected chi connectivity index (χ0v) is 12.4. The summed E-state index contributed by atoms with van der Waals surface area (Å²) in [5, 5.41) is 3.84. The van der Waals surface area contributed by atoms with Gasteiger partial charge in [-0.15, -0.1) is 0 Å². The molecule has 0 bridgehead atoms. The molecule has 2 aliphatic carbocycles. The molecule has 3 atom stereocenters. The molecule has 3 unspecified atom stereocenters. The molecule has 1 aromatic carbocycles. The Labute approximate surface area is 117 Å². The number of nitrogens with one attached hydrogen (secondary N) is 1. The van der Waals surface area contributed by atoms with Crippen molar-refractivity contribution in [3.05, 3.63) is 35.4 Å². The maximum atomic E-state index is 3.84. The third-order valence-corrected chi connectivity index (χ3v) is 5.25. The topological polar surface area (TPSA) is 12.0 Å². The van der Waals surface area contributed by atoms with Crippen LogP contribution in [0.2, 0.25) is 0 Å². The van der Waals surface area contributed by atoms with Gasteiger partial charge in [0, 0.05) is 6.04 Å². The van der Waals surface area contributed by atoms with Gasteiger partial charge in [0.2, 0.25) is 0 Å². The number of aryl methyl sites for hydroxylation is 1. The highest BCUT2D eigenvalue weighted by atomic mass is 14.9. The molecule has 2 fully saturated rings. The van der Waals surface area contributed by atoms with Crippen LogP contribution < -0.4 is 5.32 Å². The first-order valence-electron chi connectivity index (χ1n) is 8.12. The maximum absolute atomic E-state index is 3.84. The zero-order valence-electron chi connectivity index (χ0n) is 12.4. The zero-order chi connectivity index (χ0) is 13.2. The molecule has 0 amide bonds. The lowest BCUT2D eigenvalue weighted by Crippen LogP contribution is -2.25. The highest BCUT2D eigenvalue weighted by Crippen LogP contribution is 2.60. The molecule has 0 aromatic heterocycles. The van der Waals surface area contributed by atoms with Gasteiger partial charge in [-0.2, -0.15) is 0 Å². The first kappa shape index (κ1) is 13.2. The Hall–Kier alpha value is -0.820. The van der Waals surface area contributed by atoms with Crippen molar-refractivity contribution in [1.82, 2.24) is 5.32 Å². The van der Waals surface area contributed by atoms with E-state index < -0.39 is 0 Å². The molecule has 19 heavy (non-hydrogen) atoms. The molecule has 0 heterocycles. The van der Waals surface area contributed by atoms with Crippen LogP contribution in [0.1, 0.15) is 56.2 Å². The molecule has 0 saturated heterocycles. The molecule has 0 spiro atoms. The highest BCUT2D eigenvalue weighted by Gasteiger charge is 2.54. The number of rotatable bonds is 5. The van der Waals surface area contributed by atoms with Gasteiger partial charge in [0.05, 0.1) is 0 Å². The van der Waals surface area contributed by atoms with Gasteiger partial charge in [0.1, 0.15) is 0 Å². The summed E-state index contributed by atoms with van der Waals surface area (Å²) in [6.07, 6.45) is 7.11. The van der Waals surface area contributed by atoms with Gasteiger partial charge in [0.15, 0.2) is 0 Å². The molecule has 1 aromatic rings. The summed E-state index contributed by atoms with van der Waals surface area (Å²) in [4.78, 5) is 0. The summed E-state index contributed by atoms with van der Waals surface area (Å²) >= 11 is 0. The Kier molecular flexibility index (Phi) is 3.93. The van der Waals surface area contributed by atoms with Crippen LogP contribution in [0.5, 0.6) is 0 Å². The molecule has 104 valence electrons. The summed E-state index contributed by atoms with van der Waals surface area (Å²) in [6, 6.07) is 9.58. The lowest BCUT2D eigenvalue weighted by atomic mass is 9.95. The summed E-state index contributed by atoms with van der Waals surface area (Å²) < 4.78 is 0. The van der Waals surface area contributed by atoms with E-state index in [1.165, 1.54) is 37.7 Å². The van der Waals surface area contributed by atoms with Crippen LogP contribution in [0, 0.1) is 24.7 Å². The van der Waals surface area contributed by atoms with Crippen LogP contribution in [-0.2, 0) is 0 Å². The van der Waals surface area contributed by atoms with Crippen LogP contribution in [0.3, 0.4) is 0 Å². The summed E-state index contributed by atoms with van der Waals surface area (Å²) in [6.45, 7) is 5.68. The Morgan fingerprint density at radius 2 is 1.84 bits per heavy atom. The minimum Gasteiger partial charge on any atom is -0.310 e. The average molecular weight is 257 g/mol. The third kappa shape index (κ3) is 2.58. The van der Waals surface area contributed by atoms with E-state index in [0.717, 1.165) is 24.3 Å². The van der Waals surface area contributed by atoms with E-state index in [9.17, 15) is 0 Å². The second kappa shape index (κ2) is 5.66. The number of hydrogen-bond donors (Lipinski definition) is 1. The van der Waals surface area contributed by atoms with Crippen molar-refractivity contribution in [3.63, 3.8) is 0 Å². The molecule has 2 saturated carbocycles. The molecule has 0 aliphatic heterocycles. The fourth-order valence-electron chi connectivity index (χ4n) is 4.23. The Morgan fingerprint density at radius 1 is 1.16 bits per heavy atom. The molecule has 1 heteroatoms. The summed E-state index contributed by atoms with van der Waals surface area (Å²) in [7, 11) is 0. The van der Waals surface area contributed by atoms with Crippen molar-refractivity contribution in [1.29, 1.82) is 0 Å². The number of benzene rings is 1. The van der Waals surface area contributed by atoms with Crippen molar-refractivity contribution < 1.29 is 0 Å². The second-order valence-corrected chi connectivity index (χ2v) is 6.48. The third-order valence-electron chi connectivity index (χ3n) is 5.25. The first-order valence-corrected chi connectivity index (χ1v) is 8.12. The highest BCUT2D eigenvalue weighted by molar-refractivity contribution is 5.31.